The van der Waals surface area contributed by atoms with E-state index in [1.165, 1.54) is 26.1 Å². The number of hydrogen-bond donors (Lipinski definition) is 1. The van der Waals surface area contributed by atoms with Gasteiger partial charge in [-0.3, -0.25) is 4.90 Å². The molecule has 0 saturated carbocycles. The molecule has 1 aliphatic heterocycles. The van der Waals surface area contributed by atoms with Gasteiger partial charge in [-0.25, -0.2) is 0 Å². The van der Waals surface area contributed by atoms with Crippen LogP contribution in [0.15, 0.2) is 0 Å². The van der Waals surface area contributed by atoms with Crippen LogP contribution in [0.5, 0.6) is 0 Å². The molecule has 0 aromatic heterocycles. The van der Waals surface area contributed by atoms with Gasteiger partial charge >= 0.3 is 0 Å². The molecule has 0 bridgehead atoms. The van der Waals surface area contributed by atoms with Crippen LogP contribution in [0.3, 0.4) is 0 Å². The molecule has 3 nitrogen and oxygen atoms in total. The summed E-state index contributed by atoms with van der Waals surface area (Å²) in [7, 11) is 4.27. The number of nitrogens with one attached hydrogen (secondary N) is 1. The Morgan fingerprint density at radius 1 is 1.36 bits per heavy atom. The van der Waals surface area contributed by atoms with Crippen molar-refractivity contribution in [2.45, 2.75) is 32.4 Å². The van der Waals surface area contributed by atoms with Crippen molar-refractivity contribution in [1.29, 1.82) is 0 Å². The molecule has 0 aromatic rings. The van der Waals surface area contributed by atoms with E-state index in [4.69, 9.17) is 0 Å². The molecule has 1 fully saturated rings. The minimum absolute atomic E-state index is 0.709. The second-order valence-electron chi connectivity index (χ2n) is 4.42. The van der Waals surface area contributed by atoms with Gasteiger partial charge in [0.2, 0.25) is 0 Å². The summed E-state index contributed by atoms with van der Waals surface area (Å²) < 4.78 is 0. The predicted octanol–water partition coefficient (Wildman–Crippen LogP) is 0.620. The molecule has 84 valence electrons. The lowest BCUT2D eigenvalue weighted by molar-refractivity contribution is 0.0519. The molecule has 2 unspecified atom stereocenters. The lowest BCUT2D eigenvalue weighted by Gasteiger charge is -2.43. The maximum atomic E-state index is 3.24. The van der Waals surface area contributed by atoms with Gasteiger partial charge in [0.25, 0.3) is 0 Å². The largest absolute Gasteiger partial charge is 0.320 e. The van der Waals surface area contributed by atoms with Gasteiger partial charge in [0.15, 0.2) is 0 Å². The summed E-state index contributed by atoms with van der Waals surface area (Å²) in [4.78, 5) is 5.09. The highest BCUT2D eigenvalue weighted by Gasteiger charge is 2.27. The van der Waals surface area contributed by atoms with Gasteiger partial charge in [-0.15, -0.1) is 0 Å². The average Bonchev–Trinajstić information content (AvgIpc) is 2.19. The lowest BCUT2D eigenvalue weighted by atomic mass is 10.1. The normalized spacial score (nSPS) is 30.9. The highest BCUT2D eigenvalue weighted by molar-refractivity contribution is 4.84. The molecule has 0 aromatic carbocycles. The van der Waals surface area contributed by atoms with E-state index >= 15 is 0 Å². The summed E-state index contributed by atoms with van der Waals surface area (Å²) in [6.07, 6.45) is 1.27. The average molecular weight is 199 g/mol. The van der Waals surface area contributed by atoms with E-state index in [0.29, 0.717) is 6.04 Å². The minimum Gasteiger partial charge on any atom is -0.320 e. The molecule has 2 atom stereocenters. The van der Waals surface area contributed by atoms with Crippen LogP contribution < -0.4 is 5.32 Å². The van der Waals surface area contributed by atoms with Crippen LogP contribution in [-0.2, 0) is 0 Å². The molecule has 0 radical (unpaired) electrons. The topological polar surface area (TPSA) is 18.5 Å². The molecule has 0 aliphatic carbocycles. The van der Waals surface area contributed by atoms with E-state index in [9.17, 15) is 0 Å². The van der Waals surface area contributed by atoms with Gasteiger partial charge < -0.3 is 10.2 Å². The van der Waals surface area contributed by atoms with Gasteiger partial charge in [0.1, 0.15) is 0 Å². The van der Waals surface area contributed by atoms with Crippen molar-refractivity contribution in [2.75, 3.05) is 40.3 Å². The third-order valence-electron chi connectivity index (χ3n) is 3.40. The minimum atomic E-state index is 0.709. The van der Waals surface area contributed by atoms with Crippen molar-refractivity contribution in [2.24, 2.45) is 0 Å². The molecule has 1 aliphatic rings. The first kappa shape index (κ1) is 12.0. The molecule has 1 saturated heterocycles. The molecule has 1 heterocycles. The lowest BCUT2D eigenvalue weighted by Crippen LogP contribution is -2.56. The van der Waals surface area contributed by atoms with Gasteiger partial charge in [-0.1, -0.05) is 6.92 Å². The summed E-state index contributed by atoms with van der Waals surface area (Å²) in [6.45, 7) is 9.34. The highest BCUT2D eigenvalue weighted by atomic mass is 15.3. The molecule has 0 spiro atoms. The van der Waals surface area contributed by atoms with Crippen LogP contribution in [0.1, 0.15) is 20.3 Å². The molecule has 1 N–H and O–H groups in total. The van der Waals surface area contributed by atoms with Crippen LogP contribution >= 0.6 is 0 Å². The fourth-order valence-corrected chi connectivity index (χ4v) is 2.23. The number of piperazine rings is 1. The first-order chi connectivity index (χ1) is 6.69. The van der Waals surface area contributed by atoms with Crippen LogP contribution in [-0.4, -0.2) is 62.2 Å². The Balaban J connectivity index is 2.45. The zero-order valence-electron chi connectivity index (χ0n) is 10.1. The summed E-state index contributed by atoms with van der Waals surface area (Å²) in [5.74, 6) is 0. The molecule has 0 amide bonds. The fraction of sp³-hybridized carbons (Fsp3) is 1.00. The van der Waals surface area contributed by atoms with Crippen LogP contribution in [0.25, 0.3) is 0 Å². The summed E-state index contributed by atoms with van der Waals surface area (Å²) in [6, 6.07) is 1.45. The zero-order valence-corrected chi connectivity index (χ0v) is 10.1. The molecule has 1 rings (SSSR count). The Kier molecular flexibility index (Phi) is 4.85. The molecular weight excluding hydrogens is 174 g/mol. The molecule has 14 heavy (non-hydrogen) atoms. The quantitative estimate of drug-likeness (QED) is 0.716. The fourth-order valence-electron chi connectivity index (χ4n) is 2.23. The maximum absolute atomic E-state index is 3.24. The van der Waals surface area contributed by atoms with Crippen molar-refractivity contribution < 1.29 is 0 Å². The number of hydrogen-bond acceptors (Lipinski definition) is 3. The van der Waals surface area contributed by atoms with E-state index in [0.717, 1.165) is 12.6 Å². The van der Waals surface area contributed by atoms with Gasteiger partial charge in [-0.05, 0) is 40.5 Å². The summed E-state index contributed by atoms with van der Waals surface area (Å²) in [5, 5.41) is 3.24. The van der Waals surface area contributed by atoms with Crippen LogP contribution in [0.4, 0.5) is 0 Å². The molecule has 3 heteroatoms. The van der Waals surface area contributed by atoms with Crippen LogP contribution in [0, 0.1) is 0 Å². The van der Waals surface area contributed by atoms with Crippen molar-refractivity contribution in [3.05, 3.63) is 0 Å². The van der Waals surface area contributed by atoms with E-state index in [1.807, 2.05) is 7.05 Å². The van der Waals surface area contributed by atoms with Gasteiger partial charge in [-0.2, -0.15) is 0 Å². The Morgan fingerprint density at radius 3 is 2.64 bits per heavy atom. The Morgan fingerprint density at radius 2 is 2.07 bits per heavy atom. The predicted molar refractivity (Wildman–Crippen MR) is 61.7 cm³/mol. The van der Waals surface area contributed by atoms with Crippen molar-refractivity contribution >= 4 is 0 Å². The maximum Gasteiger partial charge on any atom is 0.0235 e. The van der Waals surface area contributed by atoms with Crippen molar-refractivity contribution in [3.8, 4) is 0 Å². The Hall–Kier alpha value is -0.120. The van der Waals surface area contributed by atoms with Crippen molar-refractivity contribution in [1.82, 2.24) is 15.1 Å². The van der Waals surface area contributed by atoms with Gasteiger partial charge in [0, 0.05) is 25.2 Å². The third-order valence-corrected chi connectivity index (χ3v) is 3.40. The van der Waals surface area contributed by atoms with Gasteiger partial charge in [0.05, 0.1) is 0 Å². The second kappa shape index (κ2) is 5.69. The Labute approximate surface area is 88.5 Å². The number of nitrogens with zero attached hydrogens (tertiary/aromatic N) is 2. The van der Waals surface area contributed by atoms with Crippen molar-refractivity contribution in [3.63, 3.8) is 0 Å². The Bertz CT molecular complexity index is 161. The smallest absolute Gasteiger partial charge is 0.0235 e. The standard InChI is InChI=1S/C11H25N3/c1-5-14-8-10(2)13(4)9-11(14)6-7-12-3/h10-12H,5-9H2,1-4H3. The van der Waals surface area contributed by atoms with E-state index in [2.05, 4.69) is 36.0 Å². The SMILES string of the molecule is CCN1CC(C)N(C)CC1CCNC. The van der Waals surface area contributed by atoms with E-state index in [-0.39, 0.29) is 0 Å². The summed E-state index contributed by atoms with van der Waals surface area (Å²) in [5.41, 5.74) is 0. The second-order valence-corrected chi connectivity index (χ2v) is 4.42. The zero-order chi connectivity index (χ0) is 10.6. The number of likely N-dealkylation sites (N-methyl/N-ethyl adjacent to an activating group) is 2. The highest BCUT2D eigenvalue weighted by Crippen LogP contribution is 2.15. The molecular formula is C11H25N3. The van der Waals surface area contributed by atoms with E-state index < -0.39 is 0 Å². The monoisotopic (exact) mass is 199 g/mol. The first-order valence-corrected chi connectivity index (χ1v) is 5.78. The third kappa shape index (κ3) is 2.94. The first-order valence-electron chi connectivity index (χ1n) is 5.78. The summed E-state index contributed by atoms with van der Waals surface area (Å²) >= 11 is 0. The van der Waals surface area contributed by atoms with Crippen LogP contribution in [0.2, 0.25) is 0 Å². The van der Waals surface area contributed by atoms with E-state index in [1.54, 1.807) is 0 Å². The number of rotatable bonds is 4.